The highest BCUT2D eigenvalue weighted by Gasteiger charge is 2.12. The van der Waals surface area contributed by atoms with Crippen LogP contribution in [0.3, 0.4) is 0 Å². The molecule has 0 saturated heterocycles. The fourth-order valence-corrected chi connectivity index (χ4v) is 2.45. The monoisotopic (exact) mass is 363 g/mol. The maximum absolute atomic E-state index is 13.6. The molecule has 3 rings (SSSR count). The van der Waals surface area contributed by atoms with E-state index in [0.29, 0.717) is 11.3 Å². The Hall–Kier alpha value is -3.54. The molecule has 27 heavy (non-hydrogen) atoms. The molecular formula is C21H18FN3O2. The zero-order valence-corrected chi connectivity index (χ0v) is 14.7. The number of rotatable bonds is 5. The molecule has 6 heteroatoms. The summed E-state index contributed by atoms with van der Waals surface area (Å²) in [7, 11) is 0. The van der Waals surface area contributed by atoms with Crippen LogP contribution in [0.4, 0.5) is 10.1 Å². The number of hydrogen-bond acceptors (Lipinski definition) is 3. The molecule has 0 spiro atoms. The van der Waals surface area contributed by atoms with E-state index in [0.717, 1.165) is 5.56 Å². The summed E-state index contributed by atoms with van der Waals surface area (Å²) in [5, 5.41) is 5.38. The van der Waals surface area contributed by atoms with Gasteiger partial charge in [-0.15, -0.1) is 0 Å². The number of nitrogens with zero attached hydrogens (tertiary/aromatic N) is 1. The van der Waals surface area contributed by atoms with Crippen molar-refractivity contribution in [3.63, 3.8) is 0 Å². The summed E-state index contributed by atoms with van der Waals surface area (Å²) in [4.78, 5) is 28.6. The first-order valence-electron chi connectivity index (χ1n) is 8.37. The van der Waals surface area contributed by atoms with E-state index in [9.17, 15) is 14.0 Å². The van der Waals surface area contributed by atoms with Crippen molar-refractivity contribution in [2.24, 2.45) is 0 Å². The molecule has 0 fully saturated rings. The Kier molecular flexibility index (Phi) is 5.56. The molecule has 0 unspecified atom stereocenters. The predicted molar refractivity (Wildman–Crippen MR) is 101 cm³/mol. The van der Waals surface area contributed by atoms with Gasteiger partial charge in [0.1, 0.15) is 5.82 Å². The van der Waals surface area contributed by atoms with Crippen molar-refractivity contribution in [2.75, 3.05) is 5.32 Å². The second-order valence-corrected chi connectivity index (χ2v) is 6.06. The minimum atomic E-state index is -0.435. The normalized spacial score (nSPS) is 10.3. The Labute approximate surface area is 156 Å². The standard InChI is InChI=1S/C21H18FN3O2/c1-14-6-8-18(9-7-14)25-21(27)17-10-16(11-23-12-17)20(26)24-13-15-4-2-3-5-19(15)22/h2-12H,13H2,1H3,(H,24,26)(H,25,27). The lowest BCUT2D eigenvalue weighted by Crippen LogP contribution is -2.24. The molecule has 1 heterocycles. The van der Waals surface area contributed by atoms with Crippen LogP contribution in [0.15, 0.2) is 67.0 Å². The van der Waals surface area contributed by atoms with Crippen molar-refractivity contribution in [1.29, 1.82) is 0 Å². The summed E-state index contributed by atoms with van der Waals surface area (Å²) < 4.78 is 13.6. The van der Waals surface area contributed by atoms with Crippen LogP contribution < -0.4 is 10.6 Å². The molecule has 5 nitrogen and oxygen atoms in total. The Balaban J connectivity index is 1.67. The van der Waals surface area contributed by atoms with Gasteiger partial charge >= 0.3 is 0 Å². The van der Waals surface area contributed by atoms with E-state index in [-0.39, 0.29) is 29.4 Å². The first kappa shape index (κ1) is 18.3. The van der Waals surface area contributed by atoms with E-state index >= 15 is 0 Å². The lowest BCUT2D eigenvalue weighted by molar-refractivity contribution is 0.0950. The maximum Gasteiger partial charge on any atom is 0.257 e. The Morgan fingerprint density at radius 1 is 0.963 bits per heavy atom. The number of pyridine rings is 1. The Morgan fingerprint density at radius 3 is 2.33 bits per heavy atom. The van der Waals surface area contributed by atoms with Crippen LogP contribution in [0.1, 0.15) is 31.8 Å². The van der Waals surface area contributed by atoms with Crippen LogP contribution in [0.2, 0.25) is 0 Å². The quantitative estimate of drug-likeness (QED) is 0.726. The van der Waals surface area contributed by atoms with Gasteiger partial charge < -0.3 is 10.6 Å². The average Bonchev–Trinajstić information content (AvgIpc) is 2.69. The summed E-state index contributed by atoms with van der Waals surface area (Å²) >= 11 is 0. The number of benzene rings is 2. The van der Waals surface area contributed by atoms with E-state index < -0.39 is 5.91 Å². The number of carbonyl (C=O) groups excluding carboxylic acids is 2. The molecule has 2 amide bonds. The minimum absolute atomic E-state index is 0.0469. The van der Waals surface area contributed by atoms with Crippen LogP contribution in [-0.4, -0.2) is 16.8 Å². The van der Waals surface area contributed by atoms with Gasteiger partial charge in [0.2, 0.25) is 0 Å². The van der Waals surface area contributed by atoms with Crippen LogP contribution in [0, 0.1) is 12.7 Å². The average molecular weight is 363 g/mol. The molecule has 0 atom stereocenters. The van der Waals surface area contributed by atoms with Gasteiger partial charge in [0.15, 0.2) is 0 Å². The van der Waals surface area contributed by atoms with Gasteiger partial charge in [0.25, 0.3) is 11.8 Å². The van der Waals surface area contributed by atoms with Crippen molar-refractivity contribution < 1.29 is 14.0 Å². The molecule has 2 N–H and O–H groups in total. The summed E-state index contributed by atoms with van der Waals surface area (Å²) in [6.07, 6.45) is 2.75. The zero-order valence-electron chi connectivity index (χ0n) is 14.7. The number of anilines is 1. The van der Waals surface area contributed by atoms with E-state index in [1.165, 1.54) is 24.5 Å². The molecule has 0 radical (unpaired) electrons. The lowest BCUT2D eigenvalue weighted by atomic mass is 10.1. The van der Waals surface area contributed by atoms with Gasteiger partial charge in [-0.25, -0.2) is 4.39 Å². The smallest absolute Gasteiger partial charge is 0.257 e. The van der Waals surface area contributed by atoms with Crippen molar-refractivity contribution in [3.8, 4) is 0 Å². The van der Waals surface area contributed by atoms with Crippen molar-refractivity contribution in [1.82, 2.24) is 10.3 Å². The third kappa shape index (κ3) is 4.76. The van der Waals surface area contributed by atoms with Crippen LogP contribution >= 0.6 is 0 Å². The topological polar surface area (TPSA) is 71.1 Å². The Morgan fingerprint density at radius 2 is 1.63 bits per heavy atom. The van der Waals surface area contributed by atoms with E-state index in [1.807, 2.05) is 19.1 Å². The summed E-state index contributed by atoms with van der Waals surface area (Å²) in [6.45, 7) is 2.00. The van der Waals surface area contributed by atoms with Crippen molar-refractivity contribution in [3.05, 3.63) is 95.1 Å². The molecule has 136 valence electrons. The third-order valence-electron chi connectivity index (χ3n) is 3.97. The number of halogens is 1. The minimum Gasteiger partial charge on any atom is -0.348 e. The third-order valence-corrected chi connectivity index (χ3v) is 3.97. The molecule has 0 aliphatic carbocycles. The molecule has 2 aromatic carbocycles. The molecular weight excluding hydrogens is 345 g/mol. The van der Waals surface area contributed by atoms with Gasteiger partial charge in [0.05, 0.1) is 11.1 Å². The molecule has 0 saturated carbocycles. The van der Waals surface area contributed by atoms with Gasteiger partial charge in [0, 0.05) is 30.2 Å². The summed E-state index contributed by atoms with van der Waals surface area (Å²) in [5.74, 6) is -1.19. The fourth-order valence-electron chi connectivity index (χ4n) is 2.45. The van der Waals surface area contributed by atoms with Crippen LogP contribution in [0.5, 0.6) is 0 Å². The first-order chi connectivity index (χ1) is 13.0. The predicted octanol–water partition coefficient (Wildman–Crippen LogP) is 3.71. The second kappa shape index (κ2) is 8.23. The number of amides is 2. The number of nitrogens with one attached hydrogen (secondary N) is 2. The highest BCUT2D eigenvalue weighted by atomic mass is 19.1. The SMILES string of the molecule is Cc1ccc(NC(=O)c2cncc(C(=O)NCc3ccccc3F)c2)cc1. The second-order valence-electron chi connectivity index (χ2n) is 6.06. The Bertz CT molecular complexity index is 971. The van der Waals surface area contributed by atoms with Crippen molar-refractivity contribution >= 4 is 17.5 Å². The molecule has 0 bridgehead atoms. The molecule has 1 aromatic heterocycles. The van der Waals surface area contributed by atoms with Gasteiger partial charge in [-0.2, -0.15) is 0 Å². The zero-order chi connectivity index (χ0) is 19.2. The number of carbonyl (C=O) groups is 2. The largest absolute Gasteiger partial charge is 0.348 e. The number of aromatic nitrogens is 1. The van der Waals surface area contributed by atoms with Gasteiger partial charge in [-0.1, -0.05) is 35.9 Å². The van der Waals surface area contributed by atoms with Crippen LogP contribution in [-0.2, 0) is 6.54 Å². The highest BCUT2D eigenvalue weighted by Crippen LogP contribution is 2.12. The highest BCUT2D eigenvalue weighted by molar-refractivity contribution is 6.05. The van der Waals surface area contributed by atoms with Gasteiger partial charge in [-0.05, 0) is 31.2 Å². The first-order valence-corrected chi connectivity index (χ1v) is 8.37. The van der Waals surface area contributed by atoms with E-state index in [2.05, 4.69) is 15.6 Å². The number of aryl methyl sites for hydroxylation is 1. The fraction of sp³-hybridized carbons (Fsp3) is 0.0952. The number of hydrogen-bond donors (Lipinski definition) is 2. The lowest BCUT2D eigenvalue weighted by Gasteiger charge is -2.08. The van der Waals surface area contributed by atoms with Gasteiger partial charge in [-0.3, -0.25) is 14.6 Å². The van der Waals surface area contributed by atoms with Crippen LogP contribution in [0.25, 0.3) is 0 Å². The molecule has 0 aliphatic heterocycles. The molecule has 0 aliphatic rings. The summed E-state index contributed by atoms with van der Waals surface area (Å²) in [5.41, 5.74) is 2.60. The summed E-state index contributed by atoms with van der Waals surface area (Å²) in [6, 6.07) is 15.0. The van der Waals surface area contributed by atoms with E-state index in [4.69, 9.17) is 0 Å². The molecule has 3 aromatic rings. The maximum atomic E-state index is 13.6. The van der Waals surface area contributed by atoms with E-state index in [1.54, 1.807) is 30.3 Å². The van der Waals surface area contributed by atoms with Crippen molar-refractivity contribution in [2.45, 2.75) is 13.5 Å².